The molecule has 1 heterocycles. The van der Waals surface area contributed by atoms with E-state index >= 15 is 0 Å². The van der Waals surface area contributed by atoms with Crippen molar-refractivity contribution in [3.05, 3.63) is 24.2 Å². The average Bonchev–Trinajstić information content (AvgIpc) is 2.69. The summed E-state index contributed by atoms with van der Waals surface area (Å²) >= 11 is 0. The number of nitrogens with one attached hydrogen (secondary N) is 2. The number of rotatable bonds is 8. The molecule has 0 fully saturated rings. The molecule has 1 aromatic heterocycles. The lowest BCUT2D eigenvalue weighted by Crippen LogP contribution is -2.23. The first-order valence-corrected chi connectivity index (χ1v) is 5.37. The van der Waals surface area contributed by atoms with Crippen LogP contribution in [0.2, 0.25) is 0 Å². The van der Waals surface area contributed by atoms with E-state index in [-0.39, 0.29) is 0 Å². The van der Waals surface area contributed by atoms with E-state index in [1.165, 1.54) is 6.42 Å². The van der Waals surface area contributed by atoms with Gasteiger partial charge in [-0.25, -0.2) is 0 Å². The third-order valence-corrected chi connectivity index (χ3v) is 2.09. The summed E-state index contributed by atoms with van der Waals surface area (Å²) < 4.78 is 5.23. The molecule has 3 heteroatoms. The molecule has 2 N–H and O–H groups in total. The highest BCUT2D eigenvalue weighted by Crippen LogP contribution is 1.99. The third kappa shape index (κ3) is 5.04. The molecule has 0 atom stereocenters. The van der Waals surface area contributed by atoms with E-state index in [2.05, 4.69) is 17.6 Å². The molecule has 0 bridgehead atoms. The summed E-state index contributed by atoms with van der Waals surface area (Å²) in [6.45, 7) is 6.37. The summed E-state index contributed by atoms with van der Waals surface area (Å²) in [5.41, 5.74) is 0. The summed E-state index contributed by atoms with van der Waals surface area (Å²) in [4.78, 5) is 0. The second-order valence-corrected chi connectivity index (χ2v) is 3.29. The van der Waals surface area contributed by atoms with Crippen molar-refractivity contribution in [1.82, 2.24) is 10.6 Å². The standard InChI is InChI=1S/C11H20N2O/c1-2-12-7-4-8-13-9-6-11-5-3-10-14-11/h3,5,10,12-13H,2,4,6-9H2,1H3. The molecule has 0 saturated carbocycles. The van der Waals surface area contributed by atoms with E-state index < -0.39 is 0 Å². The maximum absolute atomic E-state index is 5.23. The monoisotopic (exact) mass is 196 g/mol. The molecule has 0 aromatic carbocycles. The minimum absolute atomic E-state index is 0.980. The lowest BCUT2D eigenvalue weighted by atomic mass is 10.3. The Morgan fingerprint density at radius 3 is 2.79 bits per heavy atom. The fourth-order valence-electron chi connectivity index (χ4n) is 1.31. The average molecular weight is 196 g/mol. The highest BCUT2D eigenvalue weighted by Gasteiger charge is 1.94. The smallest absolute Gasteiger partial charge is 0.105 e. The summed E-state index contributed by atoms with van der Waals surface area (Å²) in [7, 11) is 0. The zero-order chi connectivity index (χ0) is 10.1. The van der Waals surface area contributed by atoms with E-state index in [0.29, 0.717) is 0 Å². The van der Waals surface area contributed by atoms with E-state index in [4.69, 9.17) is 4.42 Å². The zero-order valence-corrected chi connectivity index (χ0v) is 8.88. The van der Waals surface area contributed by atoms with E-state index in [9.17, 15) is 0 Å². The first kappa shape index (κ1) is 11.3. The largest absolute Gasteiger partial charge is 0.469 e. The third-order valence-electron chi connectivity index (χ3n) is 2.09. The normalized spacial score (nSPS) is 10.6. The van der Waals surface area contributed by atoms with Crippen molar-refractivity contribution >= 4 is 0 Å². The molecule has 0 radical (unpaired) electrons. The molecular formula is C11H20N2O. The van der Waals surface area contributed by atoms with Crippen molar-refractivity contribution in [2.24, 2.45) is 0 Å². The van der Waals surface area contributed by atoms with Crippen LogP contribution in [0.15, 0.2) is 22.8 Å². The van der Waals surface area contributed by atoms with Gasteiger partial charge in [0.05, 0.1) is 6.26 Å². The van der Waals surface area contributed by atoms with E-state index in [1.807, 2.05) is 12.1 Å². The molecule has 0 unspecified atom stereocenters. The summed E-state index contributed by atoms with van der Waals surface area (Å²) in [6, 6.07) is 3.95. The van der Waals surface area contributed by atoms with Crippen molar-refractivity contribution in [3.63, 3.8) is 0 Å². The van der Waals surface area contributed by atoms with Gasteiger partial charge in [0.2, 0.25) is 0 Å². The molecule has 1 rings (SSSR count). The van der Waals surface area contributed by atoms with Gasteiger partial charge in [0.25, 0.3) is 0 Å². The molecule has 0 aliphatic carbocycles. The number of hydrogen-bond donors (Lipinski definition) is 2. The molecule has 0 spiro atoms. The lowest BCUT2D eigenvalue weighted by Gasteiger charge is -2.03. The van der Waals surface area contributed by atoms with Crippen LogP contribution in [0.1, 0.15) is 19.1 Å². The SMILES string of the molecule is CCNCCCNCCc1ccco1. The maximum Gasteiger partial charge on any atom is 0.105 e. The molecule has 0 aliphatic heterocycles. The topological polar surface area (TPSA) is 37.2 Å². The first-order chi connectivity index (χ1) is 6.93. The Morgan fingerprint density at radius 2 is 2.07 bits per heavy atom. The zero-order valence-electron chi connectivity index (χ0n) is 8.88. The predicted molar refractivity (Wildman–Crippen MR) is 58.4 cm³/mol. The molecule has 1 aromatic rings. The maximum atomic E-state index is 5.23. The fraction of sp³-hybridized carbons (Fsp3) is 0.636. The van der Waals surface area contributed by atoms with Crippen molar-refractivity contribution < 1.29 is 4.42 Å². The first-order valence-electron chi connectivity index (χ1n) is 5.37. The van der Waals surface area contributed by atoms with Crippen molar-refractivity contribution in [2.75, 3.05) is 26.2 Å². The highest BCUT2D eigenvalue weighted by atomic mass is 16.3. The van der Waals surface area contributed by atoms with Gasteiger partial charge in [-0.15, -0.1) is 0 Å². The summed E-state index contributed by atoms with van der Waals surface area (Å²) in [6.07, 6.45) is 3.89. The van der Waals surface area contributed by atoms with Gasteiger partial charge in [-0.1, -0.05) is 6.92 Å². The molecule has 0 aliphatic rings. The van der Waals surface area contributed by atoms with Gasteiger partial charge in [-0.05, 0) is 38.2 Å². The molecule has 3 nitrogen and oxygen atoms in total. The Labute approximate surface area is 85.9 Å². The van der Waals surface area contributed by atoms with Crippen LogP contribution in [-0.2, 0) is 6.42 Å². The second-order valence-electron chi connectivity index (χ2n) is 3.29. The van der Waals surface area contributed by atoms with Gasteiger partial charge < -0.3 is 15.1 Å². The van der Waals surface area contributed by atoms with Crippen LogP contribution in [0.5, 0.6) is 0 Å². The molecule has 0 amide bonds. The van der Waals surface area contributed by atoms with Crippen LogP contribution in [-0.4, -0.2) is 26.2 Å². The van der Waals surface area contributed by atoms with Gasteiger partial charge >= 0.3 is 0 Å². The minimum Gasteiger partial charge on any atom is -0.469 e. The molecule has 80 valence electrons. The molecule has 0 saturated heterocycles. The minimum atomic E-state index is 0.980. The van der Waals surface area contributed by atoms with Gasteiger partial charge in [0.1, 0.15) is 5.76 Å². The van der Waals surface area contributed by atoms with Crippen LogP contribution >= 0.6 is 0 Å². The predicted octanol–water partition coefficient (Wildman–Crippen LogP) is 1.41. The number of hydrogen-bond acceptors (Lipinski definition) is 3. The second kappa shape index (κ2) is 7.59. The highest BCUT2D eigenvalue weighted by molar-refractivity contribution is 4.98. The van der Waals surface area contributed by atoms with Crippen molar-refractivity contribution in [2.45, 2.75) is 19.8 Å². The number of furan rings is 1. The summed E-state index contributed by atoms with van der Waals surface area (Å²) in [5, 5.41) is 6.68. The fourth-order valence-corrected chi connectivity index (χ4v) is 1.31. The van der Waals surface area contributed by atoms with Gasteiger partial charge in [0.15, 0.2) is 0 Å². The molecule has 14 heavy (non-hydrogen) atoms. The van der Waals surface area contributed by atoms with E-state index in [1.54, 1.807) is 6.26 Å². The Balaban J connectivity index is 1.85. The summed E-state index contributed by atoms with van der Waals surface area (Å²) in [5.74, 6) is 1.06. The van der Waals surface area contributed by atoms with Crippen LogP contribution in [0.25, 0.3) is 0 Å². The quantitative estimate of drug-likeness (QED) is 0.617. The van der Waals surface area contributed by atoms with Crippen LogP contribution in [0, 0.1) is 0 Å². The van der Waals surface area contributed by atoms with Crippen LogP contribution < -0.4 is 10.6 Å². The Bertz CT molecular complexity index is 209. The van der Waals surface area contributed by atoms with Gasteiger partial charge in [0, 0.05) is 13.0 Å². The Kier molecular flexibility index (Phi) is 6.11. The molecular weight excluding hydrogens is 176 g/mol. The van der Waals surface area contributed by atoms with Crippen LogP contribution in [0.3, 0.4) is 0 Å². The Morgan fingerprint density at radius 1 is 1.21 bits per heavy atom. The Hall–Kier alpha value is -0.800. The van der Waals surface area contributed by atoms with Crippen LogP contribution in [0.4, 0.5) is 0 Å². The van der Waals surface area contributed by atoms with Crippen molar-refractivity contribution in [3.8, 4) is 0 Å². The van der Waals surface area contributed by atoms with Gasteiger partial charge in [-0.3, -0.25) is 0 Å². The van der Waals surface area contributed by atoms with E-state index in [0.717, 1.165) is 38.4 Å². The van der Waals surface area contributed by atoms with Gasteiger partial charge in [-0.2, -0.15) is 0 Å². The van der Waals surface area contributed by atoms with Crippen molar-refractivity contribution in [1.29, 1.82) is 0 Å². The lowest BCUT2D eigenvalue weighted by molar-refractivity contribution is 0.496.